The molecule has 1 N–H and O–H groups in total. The van der Waals surface area contributed by atoms with Crippen LogP contribution in [0.3, 0.4) is 0 Å². The number of carbonyl (C=O) groups is 1. The Morgan fingerprint density at radius 1 is 1.36 bits per heavy atom. The second-order valence-corrected chi connectivity index (χ2v) is 8.03. The third kappa shape index (κ3) is 3.73. The average molecular weight is 400 g/mol. The van der Waals surface area contributed by atoms with Gasteiger partial charge in [0.15, 0.2) is 6.04 Å². The van der Waals surface area contributed by atoms with Gasteiger partial charge in [0.25, 0.3) is 0 Å². The molecule has 4 atom stereocenters. The van der Waals surface area contributed by atoms with Gasteiger partial charge in [-0.25, -0.2) is 4.68 Å². The molecule has 28 heavy (non-hydrogen) atoms. The molecule has 3 aliphatic rings. The van der Waals surface area contributed by atoms with E-state index in [-0.39, 0.29) is 30.5 Å². The molecule has 0 aromatic carbocycles. The fraction of sp³-hybridized carbons (Fsp3) is 0.789. The van der Waals surface area contributed by atoms with Gasteiger partial charge < -0.3 is 15.0 Å². The lowest BCUT2D eigenvalue weighted by Crippen LogP contribution is -2.39. The van der Waals surface area contributed by atoms with E-state index in [0.717, 1.165) is 30.4 Å². The Balaban J connectivity index is 1.55. The first-order chi connectivity index (χ1) is 13.4. The molecule has 2 saturated heterocycles. The minimum Gasteiger partial charge on any atom is -0.378 e. The maximum absolute atomic E-state index is 13.6. The number of hydrogen-bond acceptors (Lipinski definition) is 4. The lowest BCUT2D eigenvalue weighted by Gasteiger charge is -2.32. The van der Waals surface area contributed by atoms with E-state index >= 15 is 0 Å². The Bertz CT molecular complexity index is 715. The first-order valence-corrected chi connectivity index (χ1v) is 10.2. The van der Waals surface area contributed by atoms with Crippen LogP contribution in [0.5, 0.6) is 0 Å². The van der Waals surface area contributed by atoms with Crippen LogP contribution in [-0.4, -0.2) is 52.1 Å². The smallest absolute Gasteiger partial charge is 0.378 e. The van der Waals surface area contributed by atoms with Crippen molar-refractivity contribution in [3.05, 3.63) is 11.8 Å². The second kappa shape index (κ2) is 7.57. The van der Waals surface area contributed by atoms with E-state index in [2.05, 4.69) is 10.4 Å². The van der Waals surface area contributed by atoms with Crippen molar-refractivity contribution >= 4 is 11.7 Å². The lowest BCUT2D eigenvalue weighted by molar-refractivity contribution is -0.173. The van der Waals surface area contributed by atoms with E-state index in [1.165, 1.54) is 0 Å². The number of aromatic nitrogens is 2. The average Bonchev–Trinajstić information content (AvgIpc) is 3.38. The third-order valence-electron chi connectivity index (χ3n) is 6.12. The number of anilines is 1. The van der Waals surface area contributed by atoms with Gasteiger partial charge in [-0.1, -0.05) is 6.92 Å². The van der Waals surface area contributed by atoms with Crippen molar-refractivity contribution in [3.8, 4) is 0 Å². The van der Waals surface area contributed by atoms with Crippen LogP contribution in [0.4, 0.5) is 19.0 Å². The number of hydrogen-bond donors (Lipinski definition) is 1. The molecular formula is C19H27F3N4O2. The minimum atomic E-state index is -4.35. The number of alkyl halides is 3. The van der Waals surface area contributed by atoms with Gasteiger partial charge in [-0.05, 0) is 38.5 Å². The second-order valence-electron chi connectivity index (χ2n) is 8.03. The summed E-state index contributed by atoms with van der Waals surface area (Å²) in [6.45, 7) is 3.19. The number of likely N-dealkylation sites (tertiary alicyclic amines) is 1. The fourth-order valence-corrected chi connectivity index (χ4v) is 4.59. The normalized spacial score (nSPS) is 30.4. The third-order valence-corrected chi connectivity index (χ3v) is 6.12. The van der Waals surface area contributed by atoms with Gasteiger partial charge in [-0.15, -0.1) is 0 Å². The van der Waals surface area contributed by atoms with Crippen molar-refractivity contribution in [2.75, 3.05) is 18.5 Å². The van der Waals surface area contributed by atoms with Crippen molar-refractivity contribution in [3.63, 3.8) is 0 Å². The molecule has 0 saturated carbocycles. The molecule has 1 amide bonds. The number of nitrogens with zero attached hydrogens (tertiary/aromatic N) is 3. The number of ether oxygens (including phenoxy) is 1. The predicted molar refractivity (Wildman–Crippen MR) is 96.9 cm³/mol. The van der Waals surface area contributed by atoms with E-state index in [0.29, 0.717) is 37.5 Å². The quantitative estimate of drug-likeness (QED) is 0.835. The monoisotopic (exact) mass is 400 g/mol. The summed E-state index contributed by atoms with van der Waals surface area (Å²) in [4.78, 5) is 14.5. The number of fused-ring (bicyclic) bond motifs is 1. The van der Waals surface area contributed by atoms with Crippen LogP contribution in [0.2, 0.25) is 0 Å². The molecule has 0 bridgehead atoms. The van der Waals surface area contributed by atoms with Crippen molar-refractivity contribution < 1.29 is 22.7 Å². The summed E-state index contributed by atoms with van der Waals surface area (Å²) < 4.78 is 47.4. The SMILES string of the molecule is CC[C@@H]1C[C@H](C(F)(F)F)n2nc([C@H]3CCCN3C(=O)C[C@H]3CCCO3)cc2N1. The molecular weight excluding hydrogens is 373 g/mol. The van der Waals surface area contributed by atoms with Crippen LogP contribution >= 0.6 is 0 Å². The van der Waals surface area contributed by atoms with E-state index < -0.39 is 12.2 Å². The molecule has 156 valence electrons. The molecule has 3 aliphatic heterocycles. The highest BCUT2D eigenvalue weighted by molar-refractivity contribution is 5.77. The highest BCUT2D eigenvalue weighted by Gasteiger charge is 2.46. The fourth-order valence-electron chi connectivity index (χ4n) is 4.59. The Morgan fingerprint density at radius 3 is 2.86 bits per heavy atom. The topological polar surface area (TPSA) is 59.4 Å². The minimum absolute atomic E-state index is 0.00661. The van der Waals surface area contributed by atoms with Crippen LogP contribution in [-0.2, 0) is 9.53 Å². The summed E-state index contributed by atoms with van der Waals surface area (Å²) in [5.41, 5.74) is 0.548. The highest BCUT2D eigenvalue weighted by atomic mass is 19.4. The van der Waals surface area contributed by atoms with Crippen LogP contribution < -0.4 is 5.32 Å². The van der Waals surface area contributed by atoms with E-state index in [1.54, 1.807) is 11.0 Å². The van der Waals surface area contributed by atoms with Gasteiger partial charge in [-0.2, -0.15) is 18.3 Å². The van der Waals surface area contributed by atoms with Crippen LogP contribution in [0.25, 0.3) is 0 Å². The van der Waals surface area contributed by atoms with Gasteiger partial charge in [0.1, 0.15) is 5.82 Å². The molecule has 0 unspecified atom stereocenters. The van der Waals surface area contributed by atoms with E-state index in [4.69, 9.17) is 4.74 Å². The van der Waals surface area contributed by atoms with Crippen molar-refractivity contribution in [2.45, 2.75) is 82.3 Å². The van der Waals surface area contributed by atoms with Crippen LogP contribution in [0.15, 0.2) is 6.07 Å². The van der Waals surface area contributed by atoms with Gasteiger partial charge in [0.05, 0.1) is 24.3 Å². The molecule has 9 heteroatoms. The maximum Gasteiger partial charge on any atom is 0.410 e. The molecule has 1 aromatic rings. The number of rotatable bonds is 4. The molecule has 0 radical (unpaired) electrons. The lowest BCUT2D eigenvalue weighted by atomic mass is 10.0. The molecule has 0 aliphatic carbocycles. The van der Waals surface area contributed by atoms with Gasteiger partial charge in [0, 0.05) is 25.3 Å². The molecule has 4 rings (SSSR count). The summed E-state index contributed by atoms with van der Waals surface area (Å²) >= 11 is 0. The van der Waals surface area contributed by atoms with Crippen LogP contribution in [0.1, 0.15) is 69.6 Å². The zero-order chi connectivity index (χ0) is 19.9. The maximum atomic E-state index is 13.6. The Kier molecular flexibility index (Phi) is 5.28. The Morgan fingerprint density at radius 2 is 2.18 bits per heavy atom. The molecule has 4 heterocycles. The summed E-state index contributed by atoms with van der Waals surface area (Å²) in [5.74, 6) is 0.404. The molecule has 1 aromatic heterocycles. The number of nitrogens with one attached hydrogen (secondary N) is 1. The van der Waals surface area contributed by atoms with Crippen molar-refractivity contribution in [1.82, 2.24) is 14.7 Å². The first-order valence-electron chi connectivity index (χ1n) is 10.2. The summed E-state index contributed by atoms with van der Waals surface area (Å²) in [7, 11) is 0. The summed E-state index contributed by atoms with van der Waals surface area (Å²) in [6.07, 6.45) is -0.0472. The zero-order valence-corrected chi connectivity index (χ0v) is 16.0. The largest absolute Gasteiger partial charge is 0.410 e. The van der Waals surface area contributed by atoms with Gasteiger partial charge in [0.2, 0.25) is 5.91 Å². The van der Waals surface area contributed by atoms with Crippen molar-refractivity contribution in [1.29, 1.82) is 0 Å². The van der Waals surface area contributed by atoms with Gasteiger partial charge in [-0.3, -0.25) is 4.79 Å². The molecule has 6 nitrogen and oxygen atoms in total. The van der Waals surface area contributed by atoms with E-state index in [9.17, 15) is 18.0 Å². The van der Waals surface area contributed by atoms with Crippen LogP contribution in [0, 0.1) is 0 Å². The summed E-state index contributed by atoms with van der Waals surface area (Å²) in [5, 5.41) is 7.50. The zero-order valence-electron chi connectivity index (χ0n) is 16.0. The number of halogens is 3. The molecule has 2 fully saturated rings. The number of amides is 1. The first kappa shape index (κ1) is 19.5. The summed E-state index contributed by atoms with van der Waals surface area (Å²) in [6, 6.07) is -0.421. The van der Waals surface area contributed by atoms with Crippen molar-refractivity contribution in [2.24, 2.45) is 0 Å². The number of carbonyl (C=O) groups excluding carboxylic acids is 1. The standard InChI is InChI=1S/C19H27F3N4O2/c1-2-12-9-16(19(20,21)22)26-17(23-12)11-14(24-26)15-6-3-7-25(15)18(27)10-13-5-4-8-28-13/h11-13,15-16,23H,2-10H2,1H3/t12-,13-,15-,16-/m1/s1. The predicted octanol–water partition coefficient (Wildman–Crippen LogP) is 3.81. The van der Waals surface area contributed by atoms with E-state index in [1.807, 2.05) is 6.92 Å². The highest BCUT2D eigenvalue weighted by Crippen LogP contribution is 2.42. The Labute approximate surface area is 162 Å². The van der Waals surface area contributed by atoms with Gasteiger partial charge >= 0.3 is 6.18 Å². The molecule has 0 spiro atoms. The Hall–Kier alpha value is -1.77.